The van der Waals surface area contributed by atoms with E-state index >= 15 is 0 Å². The number of aromatic nitrogens is 4. The van der Waals surface area contributed by atoms with Gasteiger partial charge in [-0.25, -0.2) is 0 Å². The Bertz CT molecular complexity index is 594. The van der Waals surface area contributed by atoms with E-state index in [1.165, 1.54) is 0 Å². The lowest BCUT2D eigenvalue weighted by Gasteiger charge is -2.07. The van der Waals surface area contributed by atoms with Gasteiger partial charge in [0.25, 0.3) is 0 Å². The summed E-state index contributed by atoms with van der Waals surface area (Å²) in [5.74, 6) is -0.00530. The largest absolute Gasteiger partial charge is 0.354 e. The number of rotatable bonds is 6. The van der Waals surface area contributed by atoms with Crippen molar-refractivity contribution in [2.45, 2.75) is 26.4 Å². The maximum absolute atomic E-state index is 11.7. The van der Waals surface area contributed by atoms with E-state index in [0.29, 0.717) is 31.1 Å². The Kier molecular flexibility index (Phi) is 5.19. The summed E-state index contributed by atoms with van der Waals surface area (Å²) in [5, 5.41) is 11.6. The van der Waals surface area contributed by atoms with E-state index in [-0.39, 0.29) is 5.91 Å². The predicted molar refractivity (Wildman–Crippen MR) is 79.5 cm³/mol. The van der Waals surface area contributed by atoms with E-state index in [4.69, 9.17) is 11.6 Å². The minimum absolute atomic E-state index is 0.00530. The summed E-state index contributed by atoms with van der Waals surface area (Å²) in [5.41, 5.74) is 1.02. The zero-order valence-corrected chi connectivity index (χ0v) is 13.4. The number of carbonyl (C=O) groups excluding carboxylic acids is 1. The molecule has 0 atom stereocenters. The lowest BCUT2D eigenvalue weighted by molar-refractivity contribution is -0.121. The number of hydrogen-bond donors (Lipinski definition) is 1. The fraction of sp³-hybridized carbons (Fsp3) is 0.417. The molecule has 0 unspecified atom stereocenters. The fourth-order valence-electron chi connectivity index (χ4n) is 1.72. The van der Waals surface area contributed by atoms with Crippen molar-refractivity contribution < 1.29 is 4.79 Å². The van der Waals surface area contributed by atoms with Crippen LogP contribution < -0.4 is 5.32 Å². The smallest absolute Gasteiger partial charge is 0.221 e. The topological polar surface area (TPSA) is 64.7 Å². The number of amides is 1. The van der Waals surface area contributed by atoms with Gasteiger partial charge in [0.05, 0.1) is 28.4 Å². The average molecular weight is 361 g/mol. The van der Waals surface area contributed by atoms with Crippen LogP contribution in [0.4, 0.5) is 0 Å². The van der Waals surface area contributed by atoms with Crippen LogP contribution in [0.25, 0.3) is 0 Å². The molecular formula is C12H15BrClN5O. The number of halogens is 2. The van der Waals surface area contributed by atoms with Crippen LogP contribution in [0.1, 0.15) is 12.1 Å². The fourth-order valence-corrected chi connectivity index (χ4v) is 2.17. The highest BCUT2D eigenvalue weighted by Crippen LogP contribution is 2.14. The van der Waals surface area contributed by atoms with Crippen molar-refractivity contribution in [1.29, 1.82) is 0 Å². The molecule has 1 amide bonds. The summed E-state index contributed by atoms with van der Waals surface area (Å²) in [7, 11) is 0. The second kappa shape index (κ2) is 6.90. The summed E-state index contributed by atoms with van der Waals surface area (Å²) in [6.07, 6.45) is 5.42. The monoisotopic (exact) mass is 359 g/mol. The molecule has 20 heavy (non-hydrogen) atoms. The Morgan fingerprint density at radius 2 is 2.20 bits per heavy atom. The molecule has 2 aromatic heterocycles. The molecule has 1 N–H and O–H groups in total. The van der Waals surface area contributed by atoms with Gasteiger partial charge in [-0.2, -0.15) is 10.2 Å². The van der Waals surface area contributed by atoms with E-state index in [9.17, 15) is 4.79 Å². The molecule has 2 aromatic rings. The summed E-state index contributed by atoms with van der Waals surface area (Å²) in [6.45, 7) is 3.65. The Balaban J connectivity index is 1.69. The van der Waals surface area contributed by atoms with Crippen LogP contribution in [-0.4, -0.2) is 32.0 Å². The van der Waals surface area contributed by atoms with E-state index < -0.39 is 0 Å². The number of aryl methyl sites for hydroxylation is 1. The lowest BCUT2D eigenvalue weighted by atomic mass is 10.4. The van der Waals surface area contributed by atoms with Gasteiger partial charge in [-0.15, -0.1) is 0 Å². The number of nitrogens with one attached hydrogen (secondary N) is 1. The summed E-state index contributed by atoms with van der Waals surface area (Å²) in [4.78, 5) is 11.7. The SMILES string of the molecule is Cc1c(Br)cnn1CCC(=O)NCCn1cc(Cl)cn1. The molecule has 108 valence electrons. The predicted octanol–water partition coefficient (Wildman–Crippen LogP) is 2.01. The standard InChI is InChI=1S/C12H15BrClN5O/c1-9-11(13)7-17-19(9)4-2-12(20)15-3-5-18-8-10(14)6-16-18/h6-8H,2-5H2,1H3,(H,15,20). The molecule has 0 fully saturated rings. The Hall–Kier alpha value is -1.34. The van der Waals surface area contributed by atoms with Crippen molar-refractivity contribution in [3.05, 3.63) is 33.8 Å². The van der Waals surface area contributed by atoms with Crippen LogP contribution in [0, 0.1) is 6.92 Å². The zero-order chi connectivity index (χ0) is 14.5. The highest BCUT2D eigenvalue weighted by Gasteiger charge is 2.06. The minimum Gasteiger partial charge on any atom is -0.354 e. The van der Waals surface area contributed by atoms with Gasteiger partial charge < -0.3 is 5.32 Å². The Morgan fingerprint density at radius 1 is 1.40 bits per heavy atom. The Morgan fingerprint density at radius 3 is 2.80 bits per heavy atom. The van der Waals surface area contributed by atoms with Crippen LogP contribution in [0.15, 0.2) is 23.1 Å². The summed E-state index contributed by atoms with van der Waals surface area (Å²) < 4.78 is 4.45. The molecule has 0 saturated heterocycles. The first-order chi connectivity index (χ1) is 9.56. The van der Waals surface area contributed by atoms with Gasteiger partial charge in [0.1, 0.15) is 0 Å². The van der Waals surface area contributed by atoms with Crippen LogP contribution in [-0.2, 0) is 17.9 Å². The molecule has 0 radical (unpaired) electrons. The van der Waals surface area contributed by atoms with E-state index in [2.05, 4.69) is 31.4 Å². The molecule has 2 rings (SSSR count). The second-order valence-electron chi connectivity index (χ2n) is 4.32. The summed E-state index contributed by atoms with van der Waals surface area (Å²) >= 11 is 9.14. The maximum Gasteiger partial charge on any atom is 0.221 e. The lowest BCUT2D eigenvalue weighted by Crippen LogP contribution is -2.28. The molecule has 0 bridgehead atoms. The van der Waals surface area contributed by atoms with Gasteiger partial charge in [0.2, 0.25) is 5.91 Å². The van der Waals surface area contributed by atoms with Crippen molar-refractivity contribution in [2.75, 3.05) is 6.54 Å². The molecule has 6 nitrogen and oxygen atoms in total. The molecule has 0 spiro atoms. The third-order valence-electron chi connectivity index (χ3n) is 2.86. The average Bonchev–Trinajstić information content (AvgIpc) is 2.96. The quantitative estimate of drug-likeness (QED) is 0.857. The van der Waals surface area contributed by atoms with Gasteiger partial charge in [0.15, 0.2) is 0 Å². The second-order valence-corrected chi connectivity index (χ2v) is 5.61. The zero-order valence-electron chi connectivity index (χ0n) is 11.0. The molecule has 2 heterocycles. The number of nitrogens with zero attached hydrogens (tertiary/aromatic N) is 4. The molecule has 0 aromatic carbocycles. The third-order valence-corrected chi connectivity index (χ3v) is 3.83. The summed E-state index contributed by atoms with van der Waals surface area (Å²) in [6, 6.07) is 0. The van der Waals surface area contributed by atoms with Crippen LogP contribution in [0.5, 0.6) is 0 Å². The van der Waals surface area contributed by atoms with E-state index in [0.717, 1.165) is 10.2 Å². The van der Waals surface area contributed by atoms with Crippen molar-refractivity contribution in [3.63, 3.8) is 0 Å². The molecule has 0 saturated carbocycles. The van der Waals surface area contributed by atoms with Gasteiger partial charge in [0, 0.05) is 31.4 Å². The third kappa shape index (κ3) is 4.08. The van der Waals surface area contributed by atoms with Crippen molar-refractivity contribution in [3.8, 4) is 0 Å². The van der Waals surface area contributed by atoms with Crippen molar-refractivity contribution >= 4 is 33.4 Å². The van der Waals surface area contributed by atoms with Gasteiger partial charge in [-0.05, 0) is 22.9 Å². The van der Waals surface area contributed by atoms with Gasteiger partial charge in [-0.3, -0.25) is 14.2 Å². The van der Waals surface area contributed by atoms with Crippen LogP contribution >= 0.6 is 27.5 Å². The van der Waals surface area contributed by atoms with Crippen LogP contribution in [0.3, 0.4) is 0 Å². The van der Waals surface area contributed by atoms with Gasteiger partial charge >= 0.3 is 0 Å². The first-order valence-corrected chi connectivity index (χ1v) is 7.36. The minimum atomic E-state index is -0.00530. The van der Waals surface area contributed by atoms with E-state index in [1.54, 1.807) is 28.0 Å². The number of carbonyl (C=O) groups is 1. The Labute approximate surface area is 130 Å². The van der Waals surface area contributed by atoms with Gasteiger partial charge in [-0.1, -0.05) is 11.6 Å². The highest BCUT2D eigenvalue weighted by molar-refractivity contribution is 9.10. The molecule has 8 heteroatoms. The molecule has 0 aliphatic carbocycles. The molecular weight excluding hydrogens is 346 g/mol. The maximum atomic E-state index is 11.7. The molecule has 0 aliphatic rings. The van der Waals surface area contributed by atoms with Crippen molar-refractivity contribution in [2.24, 2.45) is 0 Å². The van der Waals surface area contributed by atoms with E-state index in [1.807, 2.05) is 6.92 Å². The number of hydrogen-bond acceptors (Lipinski definition) is 3. The first-order valence-electron chi connectivity index (χ1n) is 6.19. The molecule has 0 aliphatic heterocycles. The normalized spacial score (nSPS) is 10.8. The van der Waals surface area contributed by atoms with Crippen molar-refractivity contribution in [1.82, 2.24) is 24.9 Å². The highest BCUT2D eigenvalue weighted by atomic mass is 79.9. The van der Waals surface area contributed by atoms with Crippen LogP contribution in [0.2, 0.25) is 5.02 Å². The first kappa shape index (κ1) is 15.1.